The Balaban J connectivity index is 1.67. The van der Waals surface area contributed by atoms with Gasteiger partial charge in [-0.05, 0) is 87.9 Å². The second-order valence-corrected chi connectivity index (χ2v) is 11.0. The number of aliphatic carboxylic acids is 1. The van der Waals surface area contributed by atoms with Crippen LogP contribution in [-0.2, 0) is 14.6 Å². The van der Waals surface area contributed by atoms with E-state index in [9.17, 15) is 9.90 Å². The maximum Gasteiger partial charge on any atom is 0.308 e. The Labute approximate surface area is 171 Å². The van der Waals surface area contributed by atoms with Crippen molar-refractivity contribution in [3.05, 3.63) is 11.6 Å². The average molecular weight is 393 g/mol. The molecule has 3 aliphatic rings. The summed E-state index contributed by atoms with van der Waals surface area (Å²) in [6.45, 7) is 13.6. The molecule has 3 rings (SSSR count). The third kappa shape index (κ3) is 4.05. The number of carbonyl (C=O) groups is 1. The van der Waals surface area contributed by atoms with Crippen LogP contribution in [0.4, 0.5) is 0 Å². The molecule has 0 radical (unpaired) electrons. The van der Waals surface area contributed by atoms with Gasteiger partial charge in [0.1, 0.15) is 11.7 Å². The topological polar surface area (TPSA) is 55.8 Å². The monoisotopic (exact) mass is 392 g/mol. The first-order chi connectivity index (χ1) is 13.0. The number of carboxylic acids is 1. The van der Waals surface area contributed by atoms with Gasteiger partial charge in [-0.2, -0.15) is 0 Å². The largest absolute Gasteiger partial charge is 0.481 e. The lowest BCUT2D eigenvalue weighted by Crippen LogP contribution is -2.45. The van der Waals surface area contributed by atoms with Gasteiger partial charge in [0.2, 0.25) is 0 Å². The van der Waals surface area contributed by atoms with Gasteiger partial charge in [-0.25, -0.2) is 9.78 Å². The standard InChI is InChI=1S/C24H40O4/c1-16-9-10-18-19(8-7-12-22(18,3)4)24(16,6)15-14-23(5)13-11-20(27-28-23)17(2)21(25)26/h8,16-18,20H,7,9-15H2,1-6H3,(H,25,26)/t16-,17+,18-,20?,23?,24-/m0/s1. The minimum atomic E-state index is -0.821. The van der Waals surface area contributed by atoms with Gasteiger partial charge >= 0.3 is 5.97 Å². The Morgan fingerprint density at radius 3 is 2.50 bits per heavy atom. The maximum absolute atomic E-state index is 11.2. The summed E-state index contributed by atoms with van der Waals surface area (Å²) >= 11 is 0. The fraction of sp³-hybridized carbons (Fsp3) is 0.875. The quantitative estimate of drug-likeness (QED) is 0.450. The maximum atomic E-state index is 11.2. The molecule has 1 N–H and O–H groups in total. The van der Waals surface area contributed by atoms with Crippen LogP contribution < -0.4 is 0 Å². The molecule has 160 valence electrons. The molecule has 0 spiro atoms. The number of hydrogen-bond donors (Lipinski definition) is 1. The summed E-state index contributed by atoms with van der Waals surface area (Å²) in [6, 6.07) is 0. The molecule has 1 saturated carbocycles. The molecule has 4 heteroatoms. The molecule has 28 heavy (non-hydrogen) atoms. The zero-order valence-corrected chi connectivity index (χ0v) is 18.7. The lowest BCUT2D eigenvalue weighted by molar-refractivity contribution is -0.411. The minimum Gasteiger partial charge on any atom is -0.481 e. The summed E-state index contributed by atoms with van der Waals surface area (Å²) in [5.41, 5.74) is 1.99. The van der Waals surface area contributed by atoms with E-state index in [0.717, 1.165) is 25.7 Å². The minimum absolute atomic E-state index is 0.220. The molecule has 0 amide bonds. The van der Waals surface area contributed by atoms with Crippen molar-refractivity contribution < 1.29 is 19.7 Å². The summed E-state index contributed by atoms with van der Waals surface area (Å²) in [5.74, 6) is 0.0332. The van der Waals surface area contributed by atoms with Crippen LogP contribution in [0.25, 0.3) is 0 Å². The van der Waals surface area contributed by atoms with Crippen molar-refractivity contribution in [2.75, 3.05) is 0 Å². The molecule has 4 nitrogen and oxygen atoms in total. The van der Waals surface area contributed by atoms with Crippen molar-refractivity contribution in [3.63, 3.8) is 0 Å². The average Bonchev–Trinajstić information content (AvgIpc) is 2.63. The number of fused-ring (bicyclic) bond motifs is 1. The Kier molecular flexibility index (Phi) is 6.05. The van der Waals surface area contributed by atoms with E-state index in [-0.39, 0.29) is 17.1 Å². The van der Waals surface area contributed by atoms with Gasteiger partial charge in [0.25, 0.3) is 0 Å². The van der Waals surface area contributed by atoms with Crippen LogP contribution in [0.1, 0.15) is 92.9 Å². The molecule has 1 heterocycles. The van der Waals surface area contributed by atoms with Crippen LogP contribution in [0.2, 0.25) is 0 Å². The van der Waals surface area contributed by atoms with Gasteiger partial charge in [0, 0.05) is 0 Å². The number of carboxylic acid groups (broad SMARTS) is 1. The normalized spacial score (nSPS) is 41.6. The van der Waals surface area contributed by atoms with E-state index in [1.54, 1.807) is 12.5 Å². The molecule has 0 aromatic carbocycles. The summed E-state index contributed by atoms with van der Waals surface area (Å²) in [6.07, 6.45) is 11.0. The smallest absolute Gasteiger partial charge is 0.308 e. The van der Waals surface area contributed by atoms with E-state index >= 15 is 0 Å². The Morgan fingerprint density at radius 2 is 1.89 bits per heavy atom. The van der Waals surface area contributed by atoms with Crippen molar-refractivity contribution in [3.8, 4) is 0 Å². The van der Waals surface area contributed by atoms with Gasteiger partial charge in [0.05, 0.1) is 5.92 Å². The predicted octanol–water partition coefficient (Wildman–Crippen LogP) is 6.16. The molecule has 0 aromatic heterocycles. The van der Waals surface area contributed by atoms with Crippen LogP contribution in [0, 0.1) is 28.6 Å². The first-order valence-corrected chi connectivity index (χ1v) is 11.3. The van der Waals surface area contributed by atoms with Gasteiger partial charge in [-0.15, -0.1) is 0 Å². The third-order valence-electron chi connectivity index (χ3n) is 8.56. The Bertz CT molecular complexity index is 614. The highest BCUT2D eigenvalue weighted by Crippen LogP contribution is 2.58. The number of rotatable bonds is 5. The predicted molar refractivity (Wildman–Crippen MR) is 111 cm³/mol. The van der Waals surface area contributed by atoms with E-state index in [1.807, 2.05) is 0 Å². The second kappa shape index (κ2) is 7.75. The lowest BCUT2D eigenvalue weighted by atomic mass is 9.52. The Morgan fingerprint density at radius 1 is 1.18 bits per heavy atom. The van der Waals surface area contributed by atoms with Crippen molar-refractivity contribution in [2.45, 2.75) is 105 Å². The zero-order valence-electron chi connectivity index (χ0n) is 18.7. The highest BCUT2D eigenvalue weighted by molar-refractivity contribution is 5.70. The molecule has 1 aliphatic heterocycles. The van der Waals surface area contributed by atoms with Crippen molar-refractivity contribution >= 4 is 5.97 Å². The van der Waals surface area contributed by atoms with Gasteiger partial charge in [0.15, 0.2) is 0 Å². The number of hydrogen-bond acceptors (Lipinski definition) is 3. The van der Waals surface area contributed by atoms with Crippen molar-refractivity contribution in [1.29, 1.82) is 0 Å². The fourth-order valence-corrected chi connectivity index (χ4v) is 5.82. The van der Waals surface area contributed by atoms with Gasteiger partial charge < -0.3 is 5.11 Å². The van der Waals surface area contributed by atoms with Crippen LogP contribution in [0.5, 0.6) is 0 Å². The van der Waals surface area contributed by atoms with E-state index in [4.69, 9.17) is 9.78 Å². The summed E-state index contributed by atoms with van der Waals surface area (Å²) in [5, 5.41) is 9.21. The van der Waals surface area contributed by atoms with E-state index in [1.165, 1.54) is 25.7 Å². The van der Waals surface area contributed by atoms with Crippen LogP contribution in [0.3, 0.4) is 0 Å². The fourth-order valence-electron chi connectivity index (χ4n) is 5.82. The second-order valence-electron chi connectivity index (χ2n) is 11.0. The first kappa shape index (κ1) is 21.8. The SMILES string of the molecule is C[C@@H](C(=O)O)C1CCC(C)(CC[C@]2(C)C3=CCCC(C)(C)[C@H]3CC[C@@H]2C)OO1. The summed E-state index contributed by atoms with van der Waals surface area (Å²) in [4.78, 5) is 22.6. The third-order valence-corrected chi connectivity index (χ3v) is 8.56. The Hall–Kier alpha value is -0.870. The van der Waals surface area contributed by atoms with Gasteiger partial charge in [-0.3, -0.25) is 4.79 Å². The molecule has 6 atom stereocenters. The number of allylic oxidation sites excluding steroid dienone is 2. The van der Waals surface area contributed by atoms with Crippen molar-refractivity contribution in [1.82, 2.24) is 0 Å². The summed E-state index contributed by atoms with van der Waals surface area (Å²) in [7, 11) is 0. The molecular weight excluding hydrogens is 352 g/mol. The van der Waals surface area contributed by atoms with Crippen LogP contribution in [0.15, 0.2) is 11.6 Å². The molecule has 2 unspecified atom stereocenters. The highest BCUT2D eigenvalue weighted by atomic mass is 17.2. The van der Waals surface area contributed by atoms with E-state index in [0.29, 0.717) is 17.3 Å². The molecule has 1 saturated heterocycles. The van der Waals surface area contributed by atoms with Crippen molar-refractivity contribution in [2.24, 2.45) is 28.6 Å². The first-order valence-electron chi connectivity index (χ1n) is 11.3. The zero-order chi connectivity index (χ0) is 20.7. The van der Waals surface area contributed by atoms with Crippen LogP contribution in [-0.4, -0.2) is 22.8 Å². The lowest BCUT2D eigenvalue weighted by Gasteiger charge is -2.53. The molecular formula is C24H40O4. The van der Waals surface area contributed by atoms with Crippen LogP contribution >= 0.6 is 0 Å². The van der Waals surface area contributed by atoms with E-state index < -0.39 is 11.9 Å². The summed E-state index contributed by atoms with van der Waals surface area (Å²) < 4.78 is 0. The molecule has 0 aromatic rings. The van der Waals surface area contributed by atoms with Gasteiger partial charge in [-0.1, -0.05) is 39.3 Å². The highest BCUT2D eigenvalue weighted by Gasteiger charge is 2.49. The molecule has 2 aliphatic carbocycles. The molecule has 2 fully saturated rings. The molecule has 0 bridgehead atoms. The van der Waals surface area contributed by atoms with E-state index in [2.05, 4.69) is 40.7 Å².